The van der Waals surface area contributed by atoms with Gasteiger partial charge in [-0.15, -0.1) is 0 Å². The molecule has 0 aliphatic rings. The SMILES string of the molecule is CC(C)(C)OC(=O)NC(N)Cc1ccnc2ccccc12. The third kappa shape index (κ3) is 4.43. The van der Waals surface area contributed by atoms with Gasteiger partial charge in [0.25, 0.3) is 0 Å². The van der Waals surface area contributed by atoms with Gasteiger partial charge in [0, 0.05) is 18.0 Å². The molecule has 1 amide bonds. The van der Waals surface area contributed by atoms with Crippen LogP contribution in [0.2, 0.25) is 0 Å². The number of fused-ring (bicyclic) bond motifs is 1. The van der Waals surface area contributed by atoms with Crippen molar-refractivity contribution in [1.29, 1.82) is 0 Å². The number of hydrogen-bond donors (Lipinski definition) is 2. The molecule has 5 nitrogen and oxygen atoms in total. The molecule has 0 saturated heterocycles. The van der Waals surface area contributed by atoms with Crippen LogP contribution >= 0.6 is 0 Å². The molecule has 2 rings (SSSR count). The molecule has 0 spiro atoms. The predicted molar refractivity (Wildman–Crippen MR) is 82.8 cm³/mol. The first-order valence-corrected chi connectivity index (χ1v) is 6.93. The summed E-state index contributed by atoms with van der Waals surface area (Å²) in [5, 5.41) is 3.69. The molecule has 21 heavy (non-hydrogen) atoms. The summed E-state index contributed by atoms with van der Waals surface area (Å²) in [6.45, 7) is 5.44. The Kier molecular flexibility index (Phi) is 4.43. The molecule has 2 aromatic rings. The van der Waals surface area contributed by atoms with Crippen LogP contribution in [0.4, 0.5) is 4.79 Å². The molecule has 0 aliphatic heterocycles. The van der Waals surface area contributed by atoms with Crippen LogP contribution in [0.25, 0.3) is 10.9 Å². The van der Waals surface area contributed by atoms with Crippen molar-refractivity contribution in [2.75, 3.05) is 0 Å². The molecule has 0 aliphatic carbocycles. The van der Waals surface area contributed by atoms with Gasteiger partial charge in [-0.2, -0.15) is 0 Å². The summed E-state index contributed by atoms with van der Waals surface area (Å²) in [5.74, 6) is 0. The first-order chi connectivity index (χ1) is 9.85. The number of nitrogens with two attached hydrogens (primary N) is 1. The quantitative estimate of drug-likeness (QED) is 0.851. The maximum atomic E-state index is 11.7. The highest BCUT2D eigenvalue weighted by Crippen LogP contribution is 2.17. The van der Waals surface area contributed by atoms with Gasteiger partial charge in [-0.1, -0.05) is 18.2 Å². The second kappa shape index (κ2) is 6.10. The number of nitrogens with zero attached hydrogens (tertiary/aromatic N) is 1. The Hall–Kier alpha value is -2.14. The summed E-state index contributed by atoms with van der Waals surface area (Å²) >= 11 is 0. The molecule has 0 bridgehead atoms. The fourth-order valence-corrected chi connectivity index (χ4v) is 2.08. The highest BCUT2D eigenvalue weighted by atomic mass is 16.6. The molecule has 0 radical (unpaired) electrons. The molecule has 1 aromatic carbocycles. The number of carbonyl (C=O) groups is 1. The number of aromatic nitrogens is 1. The Morgan fingerprint density at radius 1 is 1.33 bits per heavy atom. The average molecular weight is 287 g/mol. The minimum atomic E-state index is -0.535. The van der Waals surface area contributed by atoms with Crippen molar-refractivity contribution < 1.29 is 9.53 Å². The lowest BCUT2D eigenvalue weighted by molar-refractivity contribution is 0.0506. The molecule has 112 valence electrons. The molecule has 5 heteroatoms. The lowest BCUT2D eigenvalue weighted by Crippen LogP contribution is -2.45. The number of benzene rings is 1. The van der Waals surface area contributed by atoms with E-state index < -0.39 is 17.9 Å². The van der Waals surface area contributed by atoms with Crippen molar-refractivity contribution in [1.82, 2.24) is 10.3 Å². The van der Waals surface area contributed by atoms with E-state index >= 15 is 0 Å². The lowest BCUT2D eigenvalue weighted by atomic mass is 10.1. The predicted octanol–water partition coefficient (Wildman–Crippen LogP) is 2.59. The molecule has 1 heterocycles. The summed E-state index contributed by atoms with van der Waals surface area (Å²) in [7, 11) is 0. The zero-order valence-electron chi connectivity index (χ0n) is 12.6. The molecule has 1 unspecified atom stereocenters. The fraction of sp³-hybridized carbons (Fsp3) is 0.375. The Labute approximate surface area is 124 Å². The normalized spacial score (nSPS) is 13.0. The second-order valence-electron chi connectivity index (χ2n) is 5.94. The van der Waals surface area contributed by atoms with Crippen LogP contribution in [0.1, 0.15) is 26.3 Å². The Balaban J connectivity index is 2.05. The van der Waals surface area contributed by atoms with E-state index in [0.29, 0.717) is 6.42 Å². The van der Waals surface area contributed by atoms with E-state index in [1.54, 1.807) is 6.20 Å². The highest BCUT2D eigenvalue weighted by Gasteiger charge is 2.18. The van der Waals surface area contributed by atoms with Gasteiger partial charge in [0.15, 0.2) is 0 Å². The summed E-state index contributed by atoms with van der Waals surface area (Å²) in [6.07, 6.45) is 1.25. The van der Waals surface area contributed by atoms with Crippen LogP contribution in [0.15, 0.2) is 36.5 Å². The van der Waals surface area contributed by atoms with Crippen molar-refractivity contribution in [3.63, 3.8) is 0 Å². The Morgan fingerprint density at radius 2 is 2.05 bits per heavy atom. The van der Waals surface area contributed by atoms with Crippen molar-refractivity contribution in [2.45, 2.75) is 39.0 Å². The van der Waals surface area contributed by atoms with Crippen LogP contribution in [0.3, 0.4) is 0 Å². The highest BCUT2D eigenvalue weighted by molar-refractivity contribution is 5.82. The van der Waals surface area contributed by atoms with Crippen LogP contribution in [-0.4, -0.2) is 22.8 Å². The molecular formula is C16H21N3O2. The topological polar surface area (TPSA) is 77.2 Å². The Morgan fingerprint density at radius 3 is 2.76 bits per heavy atom. The standard InChI is InChI=1S/C16H21N3O2/c1-16(2,3)21-15(20)19-14(17)10-11-8-9-18-13-7-5-4-6-12(11)13/h4-9,14H,10,17H2,1-3H3,(H,19,20). The summed E-state index contributed by atoms with van der Waals surface area (Å²) in [6, 6.07) is 9.76. The minimum Gasteiger partial charge on any atom is -0.444 e. The van der Waals surface area contributed by atoms with Gasteiger partial charge in [0.05, 0.1) is 11.7 Å². The van der Waals surface area contributed by atoms with Gasteiger partial charge < -0.3 is 15.8 Å². The van der Waals surface area contributed by atoms with Gasteiger partial charge in [0.1, 0.15) is 5.60 Å². The number of pyridine rings is 1. The monoisotopic (exact) mass is 287 g/mol. The van der Waals surface area contributed by atoms with Crippen molar-refractivity contribution >= 4 is 17.0 Å². The molecular weight excluding hydrogens is 266 g/mol. The molecule has 0 fully saturated rings. The zero-order valence-corrected chi connectivity index (χ0v) is 12.6. The summed E-state index contributed by atoms with van der Waals surface area (Å²) in [4.78, 5) is 16.0. The van der Waals surface area contributed by atoms with Crippen molar-refractivity contribution in [3.05, 3.63) is 42.1 Å². The van der Waals surface area contributed by atoms with Gasteiger partial charge in [-0.25, -0.2) is 4.79 Å². The van der Waals surface area contributed by atoms with Crippen LogP contribution in [0.5, 0.6) is 0 Å². The van der Waals surface area contributed by atoms with Crippen molar-refractivity contribution in [2.24, 2.45) is 5.73 Å². The molecule has 1 aromatic heterocycles. The number of nitrogens with one attached hydrogen (secondary N) is 1. The van der Waals surface area contributed by atoms with E-state index in [1.165, 1.54) is 0 Å². The number of amides is 1. The zero-order chi connectivity index (χ0) is 15.5. The number of carbonyl (C=O) groups excluding carboxylic acids is 1. The largest absolute Gasteiger partial charge is 0.444 e. The minimum absolute atomic E-state index is 0.506. The van der Waals surface area contributed by atoms with E-state index in [4.69, 9.17) is 10.5 Å². The van der Waals surface area contributed by atoms with Crippen LogP contribution in [-0.2, 0) is 11.2 Å². The first kappa shape index (κ1) is 15.3. The number of ether oxygens (including phenoxy) is 1. The molecule has 0 saturated carbocycles. The molecule has 1 atom stereocenters. The number of alkyl carbamates (subject to hydrolysis) is 1. The van der Waals surface area contributed by atoms with E-state index in [2.05, 4.69) is 10.3 Å². The van der Waals surface area contributed by atoms with E-state index in [9.17, 15) is 4.79 Å². The fourth-order valence-electron chi connectivity index (χ4n) is 2.08. The van der Waals surface area contributed by atoms with E-state index in [1.807, 2.05) is 51.1 Å². The van der Waals surface area contributed by atoms with Crippen molar-refractivity contribution in [3.8, 4) is 0 Å². The first-order valence-electron chi connectivity index (χ1n) is 6.93. The van der Waals surface area contributed by atoms with E-state index in [-0.39, 0.29) is 0 Å². The summed E-state index contributed by atoms with van der Waals surface area (Å²) in [5.41, 5.74) is 7.41. The molecule has 3 N–H and O–H groups in total. The van der Waals surface area contributed by atoms with Gasteiger partial charge in [-0.05, 0) is 38.5 Å². The lowest BCUT2D eigenvalue weighted by Gasteiger charge is -2.22. The Bertz CT molecular complexity index is 629. The number of hydrogen-bond acceptors (Lipinski definition) is 4. The maximum absolute atomic E-state index is 11.7. The van der Waals surface area contributed by atoms with E-state index in [0.717, 1.165) is 16.5 Å². The summed E-state index contributed by atoms with van der Waals surface area (Å²) < 4.78 is 5.19. The third-order valence-corrected chi connectivity index (χ3v) is 2.88. The number of para-hydroxylation sites is 1. The maximum Gasteiger partial charge on any atom is 0.408 e. The van der Waals surface area contributed by atoms with Crippen LogP contribution in [0, 0.1) is 0 Å². The van der Waals surface area contributed by atoms with Crippen LogP contribution < -0.4 is 11.1 Å². The van der Waals surface area contributed by atoms with Gasteiger partial charge in [0.2, 0.25) is 0 Å². The smallest absolute Gasteiger partial charge is 0.408 e. The van der Waals surface area contributed by atoms with Gasteiger partial charge in [-0.3, -0.25) is 4.98 Å². The van der Waals surface area contributed by atoms with Gasteiger partial charge >= 0.3 is 6.09 Å². The third-order valence-electron chi connectivity index (χ3n) is 2.88. The number of rotatable bonds is 3. The average Bonchev–Trinajstić information content (AvgIpc) is 2.36. The second-order valence-corrected chi connectivity index (χ2v) is 5.94.